The molecule has 2 rings (SSSR count). The van der Waals surface area contributed by atoms with Crippen LogP contribution in [-0.4, -0.2) is 44.7 Å². The number of hydrogen-bond acceptors (Lipinski definition) is 5. The first kappa shape index (κ1) is 17.3. The standard InChI is InChI=1S/C15H19N5O4/c16-13(17)10-3-1-9(2-4-10)7-11-14(23)20(15(24)19-11)6-5-18-8-12(21)22/h1-4,18,23H,5-8H2,(H3,16,17)(H,19,24)(H,21,22). The van der Waals surface area contributed by atoms with Crippen LogP contribution in [0.2, 0.25) is 0 Å². The van der Waals surface area contributed by atoms with Crippen molar-refractivity contribution in [2.75, 3.05) is 13.1 Å². The molecule has 0 aliphatic heterocycles. The number of nitrogens with one attached hydrogen (secondary N) is 3. The summed E-state index contributed by atoms with van der Waals surface area (Å²) < 4.78 is 1.15. The summed E-state index contributed by atoms with van der Waals surface area (Å²) in [6.45, 7) is 0.178. The van der Waals surface area contributed by atoms with Crippen LogP contribution in [0.15, 0.2) is 29.1 Å². The van der Waals surface area contributed by atoms with Gasteiger partial charge in [0.2, 0.25) is 5.88 Å². The fraction of sp³-hybridized carbons (Fsp3) is 0.267. The third-order valence-corrected chi connectivity index (χ3v) is 3.46. The van der Waals surface area contributed by atoms with Crippen molar-refractivity contribution in [1.82, 2.24) is 14.9 Å². The molecule has 2 aromatic rings. The molecule has 0 aliphatic carbocycles. The number of carboxylic acids is 1. The molecular weight excluding hydrogens is 314 g/mol. The Kier molecular flexibility index (Phi) is 5.38. The van der Waals surface area contributed by atoms with E-state index in [0.717, 1.165) is 10.1 Å². The molecule has 7 N–H and O–H groups in total. The van der Waals surface area contributed by atoms with Gasteiger partial charge in [-0.2, -0.15) is 0 Å². The molecule has 0 fully saturated rings. The number of H-pyrrole nitrogens is 1. The summed E-state index contributed by atoms with van der Waals surface area (Å²) >= 11 is 0. The Labute approximate surface area is 137 Å². The monoisotopic (exact) mass is 333 g/mol. The Hall–Kier alpha value is -3.07. The van der Waals surface area contributed by atoms with E-state index in [-0.39, 0.29) is 31.3 Å². The van der Waals surface area contributed by atoms with Crippen molar-refractivity contribution in [1.29, 1.82) is 5.41 Å². The van der Waals surface area contributed by atoms with E-state index in [9.17, 15) is 14.7 Å². The average molecular weight is 333 g/mol. The van der Waals surface area contributed by atoms with Crippen molar-refractivity contribution in [2.45, 2.75) is 13.0 Å². The van der Waals surface area contributed by atoms with Crippen LogP contribution < -0.4 is 16.7 Å². The molecule has 0 unspecified atom stereocenters. The van der Waals surface area contributed by atoms with Crippen LogP contribution in [0.3, 0.4) is 0 Å². The number of hydrogen-bond donors (Lipinski definition) is 6. The van der Waals surface area contributed by atoms with E-state index in [1.54, 1.807) is 24.3 Å². The predicted molar refractivity (Wildman–Crippen MR) is 87.5 cm³/mol. The molecule has 0 bridgehead atoms. The number of imidazole rings is 1. The largest absolute Gasteiger partial charge is 0.493 e. The summed E-state index contributed by atoms with van der Waals surface area (Å²) in [7, 11) is 0. The normalized spacial score (nSPS) is 10.7. The number of benzene rings is 1. The first-order valence-electron chi connectivity index (χ1n) is 7.25. The van der Waals surface area contributed by atoms with Crippen molar-refractivity contribution in [3.8, 4) is 5.88 Å². The van der Waals surface area contributed by atoms with Gasteiger partial charge < -0.3 is 26.2 Å². The molecule has 0 atom stereocenters. The summed E-state index contributed by atoms with van der Waals surface area (Å²) in [6, 6.07) is 6.92. The van der Waals surface area contributed by atoms with Gasteiger partial charge in [-0.3, -0.25) is 14.8 Å². The Morgan fingerprint density at radius 1 is 1.33 bits per heavy atom. The summed E-state index contributed by atoms with van der Waals surface area (Å²) in [6.07, 6.45) is 0.314. The number of nitrogens with two attached hydrogens (primary N) is 1. The van der Waals surface area contributed by atoms with E-state index >= 15 is 0 Å². The first-order valence-corrected chi connectivity index (χ1v) is 7.25. The van der Waals surface area contributed by atoms with Crippen LogP contribution in [-0.2, 0) is 17.8 Å². The second-order valence-electron chi connectivity index (χ2n) is 5.24. The van der Waals surface area contributed by atoms with E-state index in [1.165, 1.54) is 0 Å². The molecule has 0 amide bonds. The molecule has 1 heterocycles. The maximum Gasteiger partial charge on any atom is 0.328 e. The van der Waals surface area contributed by atoms with Crippen LogP contribution >= 0.6 is 0 Å². The summed E-state index contributed by atoms with van der Waals surface area (Å²) in [5, 5.41) is 28.7. The highest BCUT2D eigenvalue weighted by molar-refractivity contribution is 5.94. The van der Waals surface area contributed by atoms with Gasteiger partial charge in [-0.25, -0.2) is 4.79 Å². The number of amidine groups is 1. The second kappa shape index (κ2) is 7.47. The zero-order valence-electron chi connectivity index (χ0n) is 12.9. The molecule has 0 saturated carbocycles. The number of nitrogens with zero attached hydrogens (tertiary/aromatic N) is 1. The maximum atomic E-state index is 11.9. The summed E-state index contributed by atoms with van der Waals surface area (Å²) in [5.41, 5.74) is 6.74. The quantitative estimate of drug-likeness (QED) is 0.216. The minimum absolute atomic E-state index is 0.0298. The van der Waals surface area contributed by atoms with E-state index in [2.05, 4.69) is 10.3 Å². The van der Waals surface area contributed by atoms with Gasteiger partial charge in [0.25, 0.3) is 0 Å². The molecule has 9 nitrogen and oxygen atoms in total. The average Bonchev–Trinajstić information content (AvgIpc) is 2.78. The molecule has 0 saturated heterocycles. The van der Waals surface area contributed by atoms with E-state index < -0.39 is 11.7 Å². The first-order chi connectivity index (χ1) is 11.4. The number of aliphatic carboxylic acids is 1. The molecule has 24 heavy (non-hydrogen) atoms. The van der Waals surface area contributed by atoms with Crippen molar-refractivity contribution >= 4 is 11.8 Å². The summed E-state index contributed by atoms with van der Waals surface area (Å²) in [5.74, 6) is -1.19. The fourth-order valence-corrected chi connectivity index (χ4v) is 2.23. The lowest BCUT2D eigenvalue weighted by Crippen LogP contribution is -2.29. The van der Waals surface area contributed by atoms with Crippen molar-refractivity contribution in [2.24, 2.45) is 5.73 Å². The number of rotatable bonds is 8. The van der Waals surface area contributed by atoms with Crippen molar-refractivity contribution < 1.29 is 15.0 Å². The van der Waals surface area contributed by atoms with Gasteiger partial charge in [-0.1, -0.05) is 24.3 Å². The molecule has 128 valence electrons. The highest BCUT2D eigenvalue weighted by Gasteiger charge is 2.13. The lowest BCUT2D eigenvalue weighted by molar-refractivity contribution is -0.135. The number of aromatic nitrogens is 2. The van der Waals surface area contributed by atoms with E-state index in [0.29, 0.717) is 17.7 Å². The van der Waals surface area contributed by atoms with Crippen molar-refractivity contribution in [3.63, 3.8) is 0 Å². The van der Waals surface area contributed by atoms with Crippen LogP contribution in [0.4, 0.5) is 0 Å². The predicted octanol–water partition coefficient (Wildman–Crippen LogP) is -0.569. The van der Waals surface area contributed by atoms with Gasteiger partial charge in [-0.15, -0.1) is 0 Å². The zero-order valence-corrected chi connectivity index (χ0v) is 12.9. The summed E-state index contributed by atoms with van der Waals surface area (Å²) in [4.78, 5) is 24.9. The smallest absolute Gasteiger partial charge is 0.328 e. The van der Waals surface area contributed by atoms with Crippen LogP contribution in [0, 0.1) is 5.41 Å². The van der Waals surface area contributed by atoms with Gasteiger partial charge in [0.15, 0.2) is 0 Å². The topological polar surface area (TPSA) is 157 Å². The minimum Gasteiger partial charge on any atom is -0.493 e. The Bertz CT molecular complexity index is 791. The fourth-order valence-electron chi connectivity index (χ4n) is 2.23. The second-order valence-corrected chi connectivity index (χ2v) is 5.24. The number of aromatic hydroxyl groups is 1. The van der Waals surface area contributed by atoms with Crippen molar-refractivity contribution in [3.05, 3.63) is 51.6 Å². The Morgan fingerprint density at radius 3 is 2.58 bits per heavy atom. The maximum absolute atomic E-state index is 11.9. The lowest BCUT2D eigenvalue weighted by Gasteiger charge is -2.05. The van der Waals surface area contributed by atoms with E-state index in [4.69, 9.17) is 16.2 Å². The highest BCUT2D eigenvalue weighted by Crippen LogP contribution is 2.17. The molecule has 1 aromatic heterocycles. The van der Waals surface area contributed by atoms with E-state index in [1.807, 2.05) is 0 Å². The number of nitrogen functional groups attached to an aromatic ring is 1. The van der Waals surface area contributed by atoms with Gasteiger partial charge in [0.1, 0.15) is 5.84 Å². The molecule has 0 aliphatic rings. The third kappa shape index (κ3) is 4.23. The molecule has 1 aromatic carbocycles. The number of carbonyl (C=O) groups is 1. The Balaban J connectivity index is 2.06. The SMILES string of the molecule is N=C(N)c1ccc(Cc2[nH]c(=O)n(CCNCC(=O)O)c2O)cc1. The highest BCUT2D eigenvalue weighted by atomic mass is 16.4. The number of carboxylic acid groups (broad SMARTS) is 1. The molecule has 0 spiro atoms. The molecule has 9 heteroatoms. The van der Waals surface area contributed by atoms with Gasteiger partial charge in [0, 0.05) is 25.1 Å². The van der Waals surface area contributed by atoms with Gasteiger partial charge >= 0.3 is 11.7 Å². The van der Waals surface area contributed by atoms with Gasteiger partial charge in [0.05, 0.1) is 12.2 Å². The molecular formula is C15H19N5O4. The van der Waals surface area contributed by atoms with Crippen LogP contribution in [0.1, 0.15) is 16.8 Å². The zero-order chi connectivity index (χ0) is 17.7. The number of aromatic amines is 1. The van der Waals surface area contributed by atoms with Crippen LogP contribution in [0.25, 0.3) is 0 Å². The third-order valence-electron chi connectivity index (χ3n) is 3.46. The lowest BCUT2D eigenvalue weighted by atomic mass is 10.1. The minimum atomic E-state index is -0.990. The Morgan fingerprint density at radius 2 is 2.00 bits per heavy atom. The molecule has 0 radical (unpaired) electrons. The van der Waals surface area contributed by atoms with Gasteiger partial charge in [-0.05, 0) is 5.56 Å². The van der Waals surface area contributed by atoms with Crippen LogP contribution in [0.5, 0.6) is 5.88 Å².